The summed E-state index contributed by atoms with van der Waals surface area (Å²) in [7, 11) is 0. The minimum Gasteiger partial charge on any atom is -0.490 e. The number of hydrogen-bond acceptors (Lipinski definition) is 4. The standard InChI is InChI=1S/C25H29N3O3/c29-25(27-13-15-30-16-14-27)22-18-28(23-7-4-12-26-24(22)23)17-19-8-10-21(11-9-19)31-20-5-2-1-3-6-20/h1-7,12,18-19,21H,8-11,13-17H2. The fraction of sp³-hybridized carbons (Fsp3) is 0.440. The number of nitrogens with zero attached hydrogens (tertiary/aromatic N) is 3. The lowest BCUT2D eigenvalue weighted by atomic mass is 9.87. The van der Waals surface area contributed by atoms with Gasteiger partial charge in [0.15, 0.2) is 0 Å². The first-order valence-corrected chi connectivity index (χ1v) is 11.3. The van der Waals surface area contributed by atoms with Crippen LogP contribution in [0, 0.1) is 5.92 Å². The highest BCUT2D eigenvalue weighted by molar-refractivity contribution is 6.05. The highest BCUT2D eigenvalue weighted by Gasteiger charge is 2.26. The molecule has 2 aromatic heterocycles. The SMILES string of the molecule is O=C(c1cn(CC2CCC(Oc3ccccc3)CC2)c2cccnc12)N1CCOCC1. The van der Waals surface area contributed by atoms with Gasteiger partial charge in [-0.05, 0) is 55.9 Å². The molecule has 0 radical (unpaired) electrons. The van der Waals surface area contributed by atoms with E-state index in [1.807, 2.05) is 47.5 Å². The summed E-state index contributed by atoms with van der Waals surface area (Å²) in [6.07, 6.45) is 8.47. The van der Waals surface area contributed by atoms with Gasteiger partial charge in [0.2, 0.25) is 0 Å². The lowest BCUT2D eigenvalue weighted by Gasteiger charge is -2.29. The van der Waals surface area contributed by atoms with Gasteiger partial charge in [-0.1, -0.05) is 18.2 Å². The molecule has 1 aliphatic heterocycles. The number of morpholine rings is 1. The molecule has 2 aliphatic rings. The molecule has 0 N–H and O–H groups in total. The van der Waals surface area contributed by atoms with Crippen molar-refractivity contribution in [3.8, 4) is 5.75 Å². The van der Waals surface area contributed by atoms with Crippen LogP contribution in [0.3, 0.4) is 0 Å². The molecule has 0 spiro atoms. The molecule has 162 valence electrons. The quantitative estimate of drug-likeness (QED) is 0.624. The Morgan fingerprint density at radius 3 is 2.58 bits per heavy atom. The van der Waals surface area contributed by atoms with Crippen molar-refractivity contribution in [1.82, 2.24) is 14.5 Å². The van der Waals surface area contributed by atoms with E-state index >= 15 is 0 Å². The molecule has 1 saturated heterocycles. The largest absolute Gasteiger partial charge is 0.490 e. The fourth-order valence-electron chi connectivity index (χ4n) is 4.77. The third kappa shape index (κ3) is 4.44. The molecule has 1 aromatic carbocycles. The van der Waals surface area contributed by atoms with E-state index in [1.54, 1.807) is 6.20 Å². The first kappa shape index (κ1) is 20.1. The molecule has 0 atom stereocenters. The predicted molar refractivity (Wildman–Crippen MR) is 119 cm³/mol. The Balaban J connectivity index is 1.27. The van der Waals surface area contributed by atoms with E-state index in [4.69, 9.17) is 9.47 Å². The number of ether oxygens (including phenoxy) is 2. The van der Waals surface area contributed by atoms with Crippen LogP contribution in [0.1, 0.15) is 36.0 Å². The van der Waals surface area contributed by atoms with Gasteiger partial charge in [0.1, 0.15) is 11.3 Å². The van der Waals surface area contributed by atoms with Crippen LogP contribution in [0.5, 0.6) is 5.75 Å². The topological polar surface area (TPSA) is 56.6 Å². The van der Waals surface area contributed by atoms with E-state index in [1.165, 1.54) is 0 Å². The molecule has 6 nitrogen and oxygen atoms in total. The Morgan fingerprint density at radius 1 is 1.03 bits per heavy atom. The lowest BCUT2D eigenvalue weighted by molar-refractivity contribution is 0.0304. The van der Waals surface area contributed by atoms with E-state index in [0.717, 1.165) is 49.0 Å². The number of amides is 1. The van der Waals surface area contributed by atoms with Gasteiger partial charge >= 0.3 is 0 Å². The Kier molecular flexibility index (Phi) is 5.89. The third-order valence-electron chi connectivity index (χ3n) is 6.46. The summed E-state index contributed by atoms with van der Waals surface area (Å²) in [6, 6.07) is 14.1. The average Bonchev–Trinajstić information content (AvgIpc) is 3.19. The van der Waals surface area contributed by atoms with Crippen LogP contribution in [-0.2, 0) is 11.3 Å². The molecule has 1 aliphatic carbocycles. The van der Waals surface area contributed by atoms with Crippen LogP contribution in [-0.4, -0.2) is 52.8 Å². The number of rotatable bonds is 5. The van der Waals surface area contributed by atoms with Crippen LogP contribution in [0.4, 0.5) is 0 Å². The molecule has 2 fully saturated rings. The normalized spacial score (nSPS) is 21.9. The number of hydrogen-bond donors (Lipinski definition) is 0. The van der Waals surface area contributed by atoms with Crippen LogP contribution in [0.15, 0.2) is 54.9 Å². The molecule has 0 unspecified atom stereocenters. The first-order valence-electron chi connectivity index (χ1n) is 11.3. The molecular formula is C25H29N3O3. The van der Waals surface area contributed by atoms with E-state index in [0.29, 0.717) is 43.9 Å². The second-order valence-corrected chi connectivity index (χ2v) is 8.54. The fourth-order valence-corrected chi connectivity index (χ4v) is 4.77. The number of aromatic nitrogens is 2. The smallest absolute Gasteiger partial charge is 0.257 e. The van der Waals surface area contributed by atoms with Gasteiger partial charge in [-0.2, -0.15) is 0 Å². The molecule has 0 bridgehead atoms. The van der Waals surface area contributed by atoms with Crippen molar-refractivity contribution in [1.29, 1.82) is 0 Å². The van der Waals surface area contributed by atoms with Crippen molar-refractivity contribution in [2.24, 2.45) is 5.92 Å². The summed E-state index contributed by atoms with van der Waals surface area (Å²) < 4.78 is 13.8. The van der Waals surface area contributed by atoms with Crippen LogP contribution >= 0.6 is 0 Å². The summed E-state index contributed by atoms with van der Waals surface area (Å²) in [5, 5.41) is 0. The van der Waals surface area contributed by atoms with Gasteiger partial charge in [0.25, 0.3) is 5.91 Å². The monoisotopic (exact) mass is 419 g/mol. The van der Waals surface area contributed by atoms with E-state index in [9.17, 15) is 4.79 Å². The summed E-state index contributed by atoms with van der Waals surface area (Å²) in [6.45, 7) is 3.41. The maximum Gasteiger partial charge on any atom is 0.257 e. The zero-order chi connectivity index (χ0) is 21.0. The molecule has 3 heterocycles. The van der Waals surface area contributed by atoms with Crippen molar-refractivity contribution in [2.75, 3.05) is 26.3 Å². The number of pyridine rings is 1. The summed E-state index contributed by atoms with van der Waals surface area (Å²) in [5.74, 6) is 1.60. The molecule has 6 heteroatoms. The zero-order valence-electron chi connectivity index (χ0n) is 17.8. The summed E-state index contributed by atoms with van der Waals surface area (Å²) in [4.78, 5) is 19.6. The Hall–Kier alpha value is -2.86. The second kappa shape index (κ2) is 9.10. The van der Waals surface area contributed by atoms with Gasteiger partial charge in [-0.15, -0.1) is 0 Å². The average molecular weight is 420 g/mol. The first-order chi connectivity index (χ1) is 15.3. The maximum atomic E-state index is 13.1. The molecule has 3 aromatic rings. The third-order valence-corrected chi connectivity index (χ3v) is 6.46. The van der Waals surface area contributed by atoms with E-state index in [-0.39, 0.29) is 5.91 Å². The minimum absolute atomic E-state index is 0.0609. The van der Waals surface area contributed by atoms with Crippen molar-refractivity contribution in [3.05, 3.63) is 60.4 Å². The second-order valence-electron chi connectivity index (χ2n) is 8.54. The maximum absolute atomic E-state index is 13.1. The summed E-state index contributed by atoms with van der Waals surface area (Å²) in [5.41, 5.74) is 2.56. The zero-order valence-corrected chi connectivity index (χ0v) is 17.8. The Labute approximate surface area is 182 Å². The lowest BCUT2D eigenvalue weighted by Crippen LogP contribution is -2.40. The van der Waals surface area contributed by atoms with Gasteiger partial charge in [0.05, 0.1) is 30.4 Å². The van der Waals surface area contributed by atoms with Gasteiger partial charge < -0.3 is 18.9 Å². The molecule has 1 saturated carbocycles. The van der Waals surface area contributed by atoms with Crippen molar-refractivity contribution in [3.63, 3.8) is 0 Å². The number of carbonyl (C=O) groups is 1. The molecular weight excluding hydrogens is 390 g/mol. The summed E-state index contributed by atoms with van der Waals surface area (Å²) >= 11 is 0. The van der Waals surface area contributed by atoms with Gasteiger partial charge in [-0.25, -0.2) is 0 Å². The highest BCUT2D eigenvalue weighted by Crippen LogP contribution is 2.30. The van der Waals surface area contributed by atoms with Crippen molar-refractivity contribution >= 4 is 16.9 Å². The van der Waals surface area contributed by atoms with Gasteiger partial charge in [-0.3, -0.25) is 9.78 Å². The molecule has 31 heavy (non-hydrogen) atoms. The number of carbonyl (C=O) groups excluding carboxylic acids is 1. The Bertz CT molecular complexity index is 1020. The molecule has 1 amide bonds. The van der Waals surface area contributed by atoms with E-state index < -0.39 is 0 Å². The van der Waals surface area contributed by atoms with Crippen molar-refractivity contribution in [2.45, 2.75) is 38.3 Å². The van der Waals surface area contributed by atoms with Crippen molar-refractivity contribution < 1.29 is 14.3 Å². The van der Waals surface area contributed by atoms with Crippen LogP contribution in [0.25, 0.3) is 11.0 Å². The van der Waals surface area contributed by atoms with Crippen LogP contribution in [0.2, 0.25) is 0 Å². The minimum atomic E-state index is 0.0609. The number of benzene rings is 1. The van der Waals surface area contributed by atoms with Gasteiger partial charge in [0, 0.05) is 32.0 Å². The Morgan fingerprint density at radius 2 is 1.81 bits per heavy atom. The predicted octanol–water partition coefficient (Wildman–Crippen LogP) is 4.15. The van der Waals surface area contributed by atoms with E-state index in [2.05, 4.69) is 15.6 Å². The number of para-hydroxylation sites is 1. The number of fused-ring (bicyclic) bond motifs is 1. The van der Waals surface area contributed by atoms with Crippen LogP contribution < -0.4 is 4.74 Å². The highest BCUT2D eigenvalue weighted by atomic mass is 16.5. The molecule has 5 rings (SSSR count).